The summed E-state index contributed by atoms with van der Waals surface area (Å²) in [5, 5.41) is 3.47. The largest absolute Gasteiger partial charge is 0.469 e. The van der Waals surface area contributed by atoms with E-state index in [-0.39, 0.29) is 11.9 Å². The predicted octanol–water partition coefficient (Wildman–Crippen LogP) is 5.50. The number of ether oxygens (including phenoxy) is 1. The minimum atomic E-state index is -0.189. The van der Waals surface area contributed by atoms with Crippen LogP contribution in [0.4, 0.5) is 11.2 Å². The number of aromatic nitrogens is 1. The maximum Gasteiger partial charge on any atom is 0.306 e. The number of hydrogen-bond donors (Lipinski definition) is 1. The van der Waals surface area contributed by atoms with Crippen molar-refractivity contribution in [3.05, 3.63) is 65.5 Å². The van der Waals surface area contributed by atoms with Crippen molar-refractivity contribution in [3.63, 3.8) is 0 Å². The van der Waals surface area contributed by atoms with E-state index in [4.69, 9.17) is 9.72 Å². The van der Waals surface area contributed by atoms with E-state index in [9.17, 15) is 4.79 Å². The highest BCUT2D eigenvalue weighted by molar-refractivity contribution is 7.33. The van der Waals surface area contributed by atoms with Crippen molar-refractivity contribution in [1.29, 1.82) is 0 Å². The first-order valence-corrected chi connectivity index (χ1v) is 9.69. The molecule has 0 saturated heterocycles. The summed E-state index contributed by atoms with van der Waals surface area (Å²) in [5.41, 5.74) is 6.41. The van der Waals surface area contributed by atoms with Gasteiger partial charge >= 0.3 is 5.97 Å². The lowest BCUT2D eigenvalue weighted by atomic mass is 9.96. The van der Waals surface area contributed by atoms with Crippen molar-refractivity contribution in [3.8, 4) is 11.3 Å². The van der Waals surface area contributed by atoms with Crippen LogP contribution in [0, 0.1) is 6.92 Å². The standard InChI is InChI=1S/C21H23N2O2P/c1-14-9-10-17(15(2)11-20(24)25-3)12-18(14)22-21-23-19(13-26-21)16-7-5-4-6-8-16/h4-10,12-13,15,26H,11H2,1-3H3,(H,22,23). The van der Waals surface area contributed by atoms with Gasteiger partial charge in [-0.15, -0.1) is 0 Å². The third kappa shape index (κ3) is 4.33. The van der Waals surface area contributed by atoms with Crippen molar-refractivity contribution < 1.29 is 9.53 Å². The van der Waals surface area contributed by atoms with Crippen LogP contribution in [0.2, 0.25) is 0 Å². The van der Waals surface area contributed by atoms with Crippen molar-refractivity contribution in [2.45, 2.75) is 26.2 Å². The van der Waals surface area contributed by atoms with Crippen molar-refractivity contribution in [1.82, 2.24) is 4.98 Å². The Morgan fingerprint density at radius 1 is 1.23 bits per heavy atom. The van der Waals surface area contributed by atoms with Crippen LogP contribution in [0.1, 0.15) is 30.4 Å². The molecular formula is C21H23N2O2P. The van der Waals surface area contributed by atoms with Gasteiger partial charge in [-0.05, 0) is 35.8 Å². The predicted molar refractivity (Wildman–Crippen MR) is 109 cm³/mol. The summed E-state index contributed by atoms with van der Waals surface area (Å²) in [4.78, 5) is 16.3. The quantitative estimate of drug-likeness (QED) is 0.586. The van der Waals surface area contributed by atoms with E-state index in [2.05, 4.69) is 48.4 Å². The summed E-state index contributed by atoms with van der Waals surface area (Å²) in [6.45, 7) is 4.11. The minimum Gasteiger partial charge on any atom is -0.469 e. The summed E-state index contributed by atoms with van der Waals surface area (Å²) in [7, 11) is 1.94. The molecule has 1 N–H and O–H groups in total. The third-order valence-electron chi connectivity index (χ3n) is 4.43. The SMILES string of the molecule is COC(=O)CC(C)c1ccc(C)c(Nc2nc(-c3ccccc3)c[pH]2)c1. The Bertz CT molecular complexity index is 890. The normalized spacial score (nSPS) is 12.1. The molecule has 0 fully saturated rings. The molecule has 0 saturated carbocycles. The molecule has 0 aliphatic heterocycles. The molecule has 0 bridgehead atoms. The Balaban J connectivity index is 1.78. The van der Waals surface area contributed by atoms with Crippen LogP contribution < -0.4 is 5.32 Å². The van der Waals surface area contributed by atoms with E-state index in [1.165, 1.54) is 7.11 Å². The maximum atomic E-state index is 11.5. The van der Waals surface area contributed by atoms with E-state index in [0.29, 0.717) is 14.6 Å². The molecule has 2 aromatic carbocycles. The molecule has 2 unspecified atom stereocenters. The van der Waals surface area contributed by atoms with E-state index in [1.807, 2.05) is 25.1 Å². The smallest absolute Gasteiger partial charge is 0.306 e. The zero-order chi connectivity index (χ0) is 18.5. The lowest BCUT2D eigenvalue weighted by Crippen LogP contribution is -2.06. The topological polar surface area (TPSA) is 51.2 Å². The van der Waals surface area contributed by atoms with Crippen molar-refractivity contribution in [2.24, 2.45) is 0 Å². The Labute approximate surface area is 155 Å². The third-order valence-corrected chi connectivity index (χ3v) is 5.36. The molecule has 26 heavy (non-hydrogen) atoms. The Morgan fingerprint density at radius 2 is 2.00 bits per heavy atom. The molecule has 1 heterocycles. The lowest BCUT2D eigenvalue weighted by Gasteiger charge is -2.14. The van der Waals surface area contributed by atoms with Crippen molar-refractivity contribution in [2.75, 3.05) is 12.4 Å². The molecule has 2 atom stereocenters. The van der Waals surface area contributed by atoms with E-state index in [0.717, 1.165) is 33.6 Å². The first-order chi connectivity index (χ1) is 12.6. The van der Waals surface area contributed by atoms with Crippen LogP contribution in [0.5, 0.6) is 0 Å². The van der Waals surface area contributed by atoms with Gasteiger partial charge in [-0.25, -0.2) is 4.98 Å². The summed E-state index contributed by atoms with van der Waals surface area (Å²) in [6.07, 6.45) is 0.376. The molecule has 0 aliphatic carbocycles. The molecule has 0 aliphatic rings. The number of methoxy groups -OCH3 is 1. The van der Waals surface area contributed by atoms with Crippen LogP contribution in [0.25, 0.3) is 11.3 Å². The number of anilines is 2. The van der Waals surface area contributed by atoms with Crippen LogP contribution >= 0.6 is 8.19 Å². The Hall–Kier alpha value is -2.58. The average molecular weight is 366 g/mol. The van der Waals surface area contributed by atoms with Gasteiger partial charge < -0.3 is 10.1 Å². The number of carbonyl (C=O) groups excluding carboxylic acids is 1. The van der Waals surface area contributed by atoms with Gasteiger partial charge in [0.05, 0.1) is 19.2 Å². The van der Waals surface area contributed by atoms with E-state index < -0.39 is 0 Å². The Morgan fingerprint density at radius 3 is 2.73 bits per heavy atom. The molecule has 0 spiro atoms. The number of rotatable bonds is 6. The molecule has 5 heteroatoms. The Kier molecular flexibility index (Phi) is 5.75. The highest BCUT2D eigenvalue weighted by Gasteiger charge is 2.13. The maximum absolute atomic E-state index is 11.5. The average Bonchev–Trinajstić information content (AvgIpc) is 3.12. The highest BCUT2D eigenvalue weighted by Crippen LogP contribution is 2.33. The summed E-state index contributed by atoms with van der Waals surface area (Å²) in [6, 6.07) is 16.5. The van der Waals surface area contributed by atoms with Gasteiger partial charge in [-0.1, -0.05) is 57.6 Å². The molecule has 0 radical (unpaired) electrons. The second-order valence-corrected chi connectivity index (χ2v) is 7.43. The summed E-state index contributed by atoms with van der Waals surface area (Å²) >= 11 is 0. The second-order valence-electron chi connectivity index (χ2n) is 6.38. The van der Waals surface area contributed by atoms with Gasteiger partial charge in [0.15, 0.2) is 0 Å². The number of nitrogens with one attached hydrogen (secondary N) is 1. The molecular weight excluding hydrogens is 343 g/mol. The molecule has 3 rings (SSSR count). The van der Waals surface area contributed by atoms with Gasteiger partial charge in [-0.3, -0.25) is 4.79 Å². The zero-order valence-electron chi connectivity index (χ0n) is 15.2. The highest BCUT2D eigenvalue weighted by atomic mass is 31.0. The molecule has 134 valence electrons. The summed E-state index contributed by atoms with van der Waals surface area (Å²) < 4.78 is 4.78. The molecule has 3 aromatic rings. The fraction of sp³-hybridized carbons (Fsp3) is 0.238. The number of hydrogen-bond acceptors (Lipinski definition) is 4. The second kappa shape index (κ2) is 8.20. The number of benzene rings is 2. The van der Waals surface area contributed by atoms with Crippen molar-refractivity contribution >= 4 is 25.4 Å². The van der Waals surface area contributed by atoms with E-state index in [1.54, 1.807) is 0 Å². The van der Waals surface area contributed by atoms with Gasteiger partial charge in [-0.2, -0.15) is 0 Å². The first-order valence-electron chi connectivity index (χ1n) is 8.62. The number of nitrogens with zero attached hydrogens (tertiary/aromatic N) is 1. The van der Waals surface area contributed by atoms with Gasteiger partial charge in [0.2, 0.25) is 0 Å². The minimum absolute atomic E-state index is 0.106. The van der Waals surface area contributed by atoms with Gasteiger partial charge in [0.25, 0.3) is 0 Å². The van der Waals surface area contributed by atoms with E-state index >= 15 is 0 Å². The van der Waals surface area contributed by atoms with Crippen LogP contribution in [-0.4, -0.2) is 18.1 Å². The number of carbonyl (C=O) groups is 1. The monoisotopic (exact) mass is 366 g/mol. The van der Waals surface area contributed by atoms with Crippen LogP contribution in [0.15, 0.2) is 54.3 Å². The lowest BCUT2D eigenvalue weighted by molar-refractivity contribution is -0.140. The fourth-order valence-corrected chi connectivity index (χ4v) is 3.70. The number of esters is 1. The van der Waals surface area contributed by atoms with Crippen LogP contribution in [-0.2, 0) is 9.53 Å². The molecule has 4 nitrogen and oxygen atoms in total. The van der Waals surface area contributed by atoms with Crippen LogP contribution in [0.3, 0.4) is 0 Å². The first kappa shape index (κ1) is 18.2. The number of aryl methyl sites for hydroxylation is 1. The fourth-order valence-electron chi connectivity index (χ4n) is 2.80. The van der Waals surface area contributed by atoms with Gasteiger partial charge in [0, 0.05) is 11.3 Å². The molecule has 0 amide bonds. The summed E-state index contributed by atoms with van der Waals surface area (Å²) in [5.74, 6) is 2.08. The zero-order valence-corrected chi connectivity index (χ0v) is 16.2. The molecule has 1 aromatic heterocycles. The van der Waals surface area contributed by atoms with Gasteiger partial charge in [0.1, 0.15) is 5.55 Å².